The third-order valence-corrected chi connectivity index (χ3v) is 2.87. The van der Waals surface area contributed by atoms with Gasteiger partial charge in [-0.1, -0.05) is 13.3 Å². The first kappa shape index (κ1) is 12.5. The molecule has 0 saturated heterocycles. The number of benzene rings is 1. The normalized spacial score (nSPS) is 12.6. The van der Waals surface area contributed by atoms with Crippen molar-refractivity contribution < 1.29 is 4.39 Å². The number of hydrogen-bond donors (Lipinski definition) is 1. The van der Waals surface area contributed by atoms with Crippen molar-refractivity contribution in [3.63, 3.8) is 0 Å². The maximum Gasteiger partial charge on any atom is 0.184 e. The molecule has 1 heterocycles. The molecule has 0 aliphatic carbocycles. The Kier molecular flexibility index (Phi) is 3.55. The molecule has 0 saturated carbocycles. The summed E-state index contributed by atoms with van der Waals surface area (Å²) < 4.78 is 15.0. The lowest BCUT2D eigenvalue weighted by molar-refractivity contribution is 0.447. The highest BCUT2D eigenvalue weighted by Crippen LogP contribution is 2.26. The molecule has 6 heteroatoms. The van der Waals surface area contributed by atoms with Crippen LogP contribution in [0.3, 0.4) is 0 Å². The van der Waals surface area contributed by atoms with Crippen molar-refractivity contribution in [2.24, 2.45) is 0 Å². The van der Waals surface area contributed by atoms with Crippen LogP contribution in [0.25, 0.3) is 11.4 Å². The lowest BCUT2D eigenvalue weighted by atomic mass is 10.1. The second-order valence-corrected chi connectivity index (χ2v) is 4.32. The molecule has 2 rings (SSSR count). The molecule has 5 nitrogen and oxygen atoms in total. The SMILES string of the molecule is CCCC(C)n1nnnc1-c1cc(F)ccc1N. The molecule has 96 valence electrons. The molecule has 18 heavy (non-hydrogen) atoms. The molecule has 0 bridgehead atoms. The molecule has 0 spiro atoms. The number of hydrogen-bond acceptors (Lipinski definition) is 4. The van der Waals surface area contributed by atoms with E-state index in [-0.39, 0.29) is 11.9 Å². The summed E-state index contributed by atoms with van der Waals surface area (Å²) in [5, 5.41) is 11.6. The third-order valence-electron chi connectivity index (χ3n) is 2.87. The molecule has 1 unspecified atom stereocenters. The van der Waals surface area contributed by atoms with Gasteiger partial charge in [0.15, 0.2) is 5.82 Å². The molecule has 0 fully saturated rings. The van der Waals surface area contributed by atoms with Gasteiger partial charge in [0.2, 0.25) is 0 Å². The Labute approximate surface area is 105 Å². The first-order valence-corrected chi connectivity index (χ1v) is 5.96. The lowest BCUT2D eigenvalue weighted by Crippen LogP contribution is -2.09. The van der Waals surface area contributed by atoms with Crippen LogP contribution in [-0.2, 0) is 0 Å². The molecule has 2 N–H and O–H groups in total. The highest BCUT2D eigenvalue weighted by atomic mass is 19.1. The van der Waals surface area contributed by atoms with Crippen molar-refractivity contribution in [1.29, 1.82) is 0 Å². The molecule has 0 radical (unpaired) electrons. The Bertz CT molecular complexity index is 537. The predicted octanol–water partition coefficient (Wildman–Crippen LogP) is 2.42. The fraction of sp³-hybridized carbons (Fsp3) is 0.417. The minimum absolute atomic E-state index is 0.155. The molecule has 2 aromatic rings. The smallest absolute Gasteiger partial charge is 0.184 e. The Morgan fingerprint density at radius 2 is 2.22 bits per heavy atom. The number of aromatic nitrogens is 4. The van der Waals surface area contributed by atoms with Crippen molar-refractivity contribution >= 4 is 5.69 Å². The van der Waals surface area contributed by atoms with Crippen LogP contribution >= 0.6 is 0 Å². The van der Waals surface area contributed by atoms with Crippen LogP contribution in [0, 0.1) is 5.82 Å². The van der Waals surface area contributed by atoms with Crippen molar-refractivity contribution in [3.8, 4) is 11.4 Å². The zero-order chi connectivity index (χ0) is 13.1. The van der Waals surface area contributed by atoms with Gasteiger partial charge in [0, 0.05) is 11.3 Å². The average molecular weight is 249 g/mol. The Morgan fingerprint density at radius 3 is 2.94 bits per heavy atom. The van der Waals surface area contributed by atoms with Crippen LogP contribution in [-0.4, -0.2) is 20.2 Å². The van der Waals surface area contributed by atoms with Gasteiger partial charge in [0.25, 0.3) is 0 Å². The molecular weight excluding hydrogens is 233 g/mol. The number of nitrogen functional groups attached to an aromatic ring is 1. The quantitative estimate of drug-likeness (QED) is 0.845. The fourth-order valence-corrected chi connectivity index (χ4v) is 1.93. The summed E-state index contributed by atoms with van der Waals surface area (Å²) in [5.41, 5.74) is 6.85. The molecule has 0 aliphatic heterocycles. The summed E-state index contributed by atoms with van der Waals surface area (Å²) in [6.07, 6.45) is 1.98. The first-order valence-electron chi connectivity index (χ1n) is 5.96. The molecular formula is C12H16FN5. The van der Waals surface area contributed by atoms with Gasteiger partial charge in [-0.25, -0.2) is 9.07 Å². The van der Waals surface area contributed by atoms with Gasteiger partial charge in [-0.2, -0.15) is 0 Å². The van der Waals surface area contributed by atoms with E-state index in [2.05, 4.69) is 22.4 Å². The second-order valence-electron chi connectivity index (χ2n) is 4.32. The van der Waals surface area contributed by atoms with Crippen LogP contribution < -0.4 is 5.73 Å². The molecule has 0 amide bonds. The van der Waals surface area contributed by atoms with E-state index in [0.29, 0.717) is 17.1 Å². The van der Waals surface area contributed by atoms with E-state index in [0.717, 1.165) is 12.8 Å². The number of rotatable bonds is 4. The summed E-state index contributed by atoms with van der Waals surface area (Å²) >= 11 is 0. The fourth-order valence-electron chi connectivity index (χ4n) is 1.93. The van der Waals surface area contributed by atoms with Crippen molar-refractivity contribution in [2.45, 2.75) is 32.7 Å². The van der Waals surface area contributed by atoms with Gasteiger partial charge in [-0.3, -0.25) is 0 Å². The number of tetrazole rings is 1. The highest BCUT2D eigenvalue weighted by Gasteiger charge is 2.16. The number of nitrogens with two attached hydrogens (primary N) is 1. The molecule has 1 aromatic carbocycles. The minimum Gasteiger partial charge on any atom is -0.398 e. The standard InChI is InChI=1S/C12H16FN5/c1-3-4-8(2)18-12(15-16-17-18)10-7-9(13)5-6-11(10)14/h5-8H,3-4,14H2,1-2H3. The Balaban J connectivity index is 2.45. The van der Waals surface area contributed by atoms with E-state index in [9.17, 15) is 4.39 Å². The van der Waals surface area contributed by atoms with Crippen LogP contribution in [0.1, 0.15) is 32.7 Å². The second kappa shape index (κ2) is 5.12. The molecule has 0 aliphatic rings. The summed E-state index contributed by atoms with van der Waals surface area (Å²) in [7, 11) is 0. The van der Waals surface area contributed by atoms with Gasteiger partial charge < -0.3 is 5.73 Å². The summed E-state index contributed by atoms with van der Waals surface area (Å²) in [6.45, 7) is 4.12. The van der Waals surface area contributed by atoms with Crippen molar-refractivity contribution in [2.75, 3.05) is 5.73 Å². The van der Waals surface area contributed by atoms with E-state index in [1.165, 1.54) is 18.2 Å². The summed E-state index contributed by atoms with van der Waals surface area (Å²) in [5.74, 6) is 0.157. The Hall–Kier alpha value is -1.98. The monoisotopic (exact) mass is 249 g/mol. The number of nitrogens with zero attached hydrogens (tertiary/aromatic N) is 4. The van der Waals surface area contributed by atoms with E-state index >= 15 is 0 Å². The summed E-state index contributed by atoms with van der Waals surface area (Å²) in [4.78, 5) is 0. The van der Waals surface area contributed by atoms with E-state index in [1.54, 1.807) is 4.68 Å². The predicted molar refractivity (Wildman–Crippen MR) is 67.2 cm³/mol. The van der Waals surface area contributed by atoms with Crippen LogP contribution in [0.2, 0.25) is 0 Å². The van der Waals surface area contributed by atoms with E-state index in [4.69, 9.17) is 5.73 Å². The first-order chi connectivity index (χ1) is 8.63. The Morgan fingerprint density at radius 1 is 1.44 bits per heavy atom. The van der Waals surface area contributed by atoms with Gasteiger partial charge in [-0.15, -0.1) is 5.10 Å². The van der Waals surface area contributed by atoms with Crippen molar-refractivity contribution in [1.82, 2.24) is 20.2 Å². The van der Waals surface area contributed by atoms with Crippen LogP contribution in [0.5, 0.6) is 0 Å². The van der Waals surface area contributed by atoms with Gasteiger partial charge in [0.1, 0.15) is 5.82 Å². The van der Waals surface area contributed by atoms with Crippen LogP contribution in [0.4, 0.5) is 10.1 Å². The van der Waals surface area contributed by atoms with E-state index in [1.807, 2.05) is 6.92 Å². The zero-order valence-corrected chi connectivity index (χ0v) is 10.5. The van der Waals surface area contributed by atoms with Crippen molar-refractivity contribution in [3.05, 3.63) is 24.0 Å². The topological polar surface area (TPSA) is 69.6 Å². The maximum atomic E-state index is 13.3. The van der Waals surface area contributed by atoms with Crippen LogP contribution in [0.15, 0.2) is 18.2 Å². The van der Waals surface area contributed by atoms with Gasteiger partial charge >= 0.3 is 0 Å². The molecule has 1 aromatic heterocycles. The number of anilines is 1. The lowest BCUT2D eigenvalue weighted by Gasteiger charge is -2.13. The summed E-state index contributed by atoms with van der Waals surface area (Å²) in [6, 6.07) is 4.36. The zero-order valence-electron chi connectivity index (χ0n) is 10.5. The number of halogens is 1. The average Bonchev–Trinajstić information content (AvgIpc) is 2.81. The maximum absolute atomic E-state index is 13.3. The highest BCUT2D eigenvalue weighted by molar-refractivity contribution is 5.71. The van der Waals surface area contributed by atoms with Gasteiger partial charge in [0.05, 0.1) is 6.04 Å². The minimum atomic E-state index is -0.350. The van der Waals surface area contributed by atoms with E-state index < -0.39 is 0 Å². The third kappa shape index (κ3) is 2.32. The molecule has 1 atom stereocenters. The largest absolute Gasteiger partial charge is 0.398 e. The van der Waals surface area contributed by atoms with Gasteiger partial charge in [-0.05, 0) is 42.0 Å².